The first-order valence-corrected chi connectivity index (χ1v) is 10.9. The van der Waals surface area contributed by atoms with Crippen molar-refractivity contribution in [3.63, 3.8) is 0 Å². The molecule has 11 heteroatoms. The number of sulfonamides is 1. The third-order valence-electron chi connectivity index (χ3n) is 4.23. The summed E-state index contributed by atoms with van der Waals surface area (Å²) in [4.78, 5) is 14.4. The zero-order chi connectivity index (χ0) is 18.3. The van der Waals surface area contributed by atoms with Crippen LogP contribution in [-0.4, -0.2) is 65.1 Å². The van der Waals surface area contributed by atoms with Crippen molar-refractivity contribution in [3.05, 3.63) is 39.7 Å². The van der Waals surface area contributed by atoms with Crippen LogP contribution in [-0.2, 0) is 10.0 Å². The van der Waals surface area contributed by atoms with Crippen molar-refractivity contribution < 1.29 is 13.2 Å². The quantitative estimate of drug-likeness (QED) is 0.650. The fraction of sp³-hybridized carbons (Fsp3) is 0.267. The van der Waals surface area contributed by atoms with Gasteiger partial charge in [-0.15, -0.1) is 11.3 Å². The third kappa shape index (κ3) is 3.15. The van der Waals surface area contributed by atoms with E-state index in [1.54, 1.807) is 35.2 Å². The van der Waals surface area contributed by atoms with Gasteiger partial charge in [0.25, 0.3) is 15.9 Å². The number of carbonyl (C=O) groups is 1. The van der Waals surface area contributed by atoms with Crippen LogP contribution >= 0.6 is 27.3 Å². The Morgan fingerprint density at radius 1 is 1.08 bits per heavy atom. The number of thiophene rings is 1. The van der Waals surface area contributed by atoms with Crippen molar-refractivity contribution in [2.75, 3.05) is 26.2 Å². The molecule has 0 saturated carbocycles. The van der Waals surface area contributed by atoms with Crippen LogP contribution in [0.15, 0.2) is 38.3 Å². The summed E-state index contributed by atoms with van der Waals surface area (Å²) in [6.45, 7) is 1.24. The number of aromatic nitrogens is 3. The van der Waals surface area contributed by atoms with Gasteiger partial charge in [0.1, 0.15) is 15.2 Å². The van der Waals surface area contributed by atoms with Crippen LogP contribution in [0.3, 0.4) is 0 Å². The number of piperazine rings is 1. The standard InChI is InChI=1S/C15H14BrN5O3S2/c16-13-3-4-14(25-13)26(23,24)21-7-5-20(6-8-21)15(22)10-1-2-11-12(9-10)18-19-17-11/h1-4,9H,5-8H2,(H,17,18,19). The van der Waals surface area contributed by atoms with Crippen molar-refractivity contribution in [2.24, 2.45) is 0 Å². The lowest BCUT2D eigenvalue weighted by Crippen LogP contribution is -2.50. The highest BCUT2D eigenvalue weighted by molar-refractivity contribution is 9.11. The van der Waals surface area contributed by atoms with E-state index in [1.807, 2.05) is 0 Å². The summed E-state index contributed by atoms with van der Waals surface area (Å²) in [5.74, 6) is -0.134. The molecule has 2 aromatic heterocycles. The molecule has 3 aromatic rings. The third-order valence-corrected chi connectivity index (χ3v) is 8.22. The highest BCUT2D eigenvalue weighted by Gasteiger charge is 2.31. The van der Waals surface area contributed by atoms with Crippen LogP contribution in [0, 0.1) is 0 Å². The summed E-state index contributed by atoms with van der Waals surface area (Å²) in [6, 6.07) is 8.44. The number of nitrogens with one attached hydrogen (secondary N) is 1. The Hall–Kier alpha value is -1.82. The molecule has 0 aliphatic carbocycles. The molecule has 0 atom stereocenters. The van der Waals surface area contributed by atoms with E-state index in [2.05, 4.69) is 31.3 Å². The fourth-order valence-electron chi connectivity index (χ4n) is 2.85. The first-order chi connectivity index (χ1) is 12.4. The lowest BCUT2D eigenvalue weighted by Gasteiger charge is -2.33. The molecule has 26 heavy (non-hydrogen) atoms. The maximum absolute atomic E-state index is 12.7. The zero-order valence-corrected chi connectivity index (χ0v) is 16.6. The molecule has 1 aromatic carbocycles. The van der Waals surface area contributed by atoms with Gasteiger partial charge < -0.3 is 4.90 Å². The molecule has 8 nitrogen and oxygen atoms in total. The summed E-state index contributed by atoms with van der Waals surface area (Å²) in [5.41, 5.74) is 1.84. The van der Waals surface area contributed by atoms with Gasteiger partial charge in [-0.25, -0.2) is 8.42 Å². The summed E-state index contributed by atoms with van der Waals surface area (Å²) in [7, 11) is -3.51. The molecule has 0 bridgehead atoms. The molecule has 1 amide bonds. The van der Waals surface area contributed by atoms with Gasteiger partial charge in [0.05, 0.1) is 3.79 Å². The number of hydrogen-bond acceptors (Lipinski definition) is 6. The van der Waals surface area contributed by atoms with E-state index in [1.165, 1.54) is 15.6 Å². The number of H-pyrrole nitrogens is 1. The highest BCUT2D eigenvalue weighted by atomic mass is 79.9. The number of aromatic amines is 1. The van der Waals surface area contributed by atoms with Gasteiger partial charge in [-0.1, -0.05) is 0 Å². The van der Waals surface area contributed by atoms with Crippen molar-refractivity contribution in [1.82, 2.24) is 24.6 Å². The van der Waals surface area contributed by atoms with Crippen molar-refractivity contribution in [3.8, 4) is 0 Å². The number of halogens is 1. The van der Waals surface area contributed by atoms with Crippen molar-refractivity contribution >= 4 is 54.2 Å². The number of amides is 1. The molecule has 1 aliphatic heterocycles. The predicted molar refractivity (Wildman–Crippen MR) is 101 cm³/mol. The largest absolute Gasteiger partial charge is 0.336 e. The SMILES string of the molecule is O=C(c1ccc2n[nH]nc2c1)N1CCN(S(=O)(=O)c2ccc(Br)s2)CC1. The van der Waals surface area contributed by atoms with Gasteiger partial charge in [-0.3, -0.25) is 4.79 Å². The lowest BCUT2D eigenvalue weighted by atomic mass is 10.1. The summed E-state index contributed by atoms with van der Waals surface area (Å²) >= 11 is 4.47. The van der Waals surface area contributed by atoms with Gasteiger partial charge in [0, 0.05) is 31.7 Å². The molecule has 0 unspecified atom stereocenters. The predicted octanol–water partition coefficient (Wildman–Crippen LogP) is 1.93. The summed E-state index contributed by atoms with van der Waals surface area (Å²) in [6.07, 6.45) is 0. The molecule has 1 saturated heterocycles. The van der Waals surface area contributed by atoms with Crippen LogP contribution in [0.1, 0.15) is 10.4 Å². The van der Waals surface area contributed by atoms with Gasteiger partial charge >= 0.3 is 0 Å². The number of nitrogens with zero attached hydrogens (tertiary/aromatic N) is 4. The minimum absolute atomic E-state index is 0.134. The minimum Gasteiger partial charge on any atom is -0.336 e. The monoisotopic (exact) mass is 455 g/mol. The van der Waals surface area contributed by atoms with E-state index in [9.17, 15) is 13.2 Å². The molecule has 4 rings (SSSR count). The average molecular weight is 456 g/mol. The first-order valence-electron chi connectivity index (χ1n) is 7.80. The Morgan fingerprint density at radius 3 is 2.50 bits per heavy atom. The smallest absolute Gasteiger partial charge is 0.254 e. The molecule has 0 spiro atoms. The zero-order valence-electron chi connectivity index (χ0n) is 13.4. The first kappa shape index (κ1) is 17.6. The van der Waals surface area contributed by atoms with E-state index >= 15 is 0 Å². The van der Waals surface area contributed by atoms with E-state index in [-0.39, 0.29) is 19.0 Å². The topological polar surface area (TPSA) is 99.3 Å². The Labute approximate surface area is 162 Å². The Morgan fingerprint density at radius 2 is 1.81 bits per heavy atom. The van der Waals surface area contributed by atoms with Crippen LogP contribution in [0.5, 0.6) is 0 Å². The molecular weight excluding hydrogens is 442 g/mol. The second kappa shape index (κ2) is 6.72. The maximum atomic E-state index is 12.7. The summed E-state index contributed by atoms with van der Waals surface area (Å²) in [5, 5.41) is 10.5. The van der Waals surface area contributed by atoms with Crippen LogP contribution in [0.4, 0.5) is 0 Å². The van der Waals surface area contributed by atoms with Crippen molar-refractivity contribution in [2.45, 2.75) is 4.21 Å². The maximum Gasteiger partial charge on any atom is 0.254 e. The Kier molecular flexibility index (Phi) is 4.55. The van der Waals surface area contributed by atoms with Crippen LogP contribution in [0.2, 0.25) is 0 Å². The number of carbonyl (C=O) groups excluding carboxylic acids is 1. The van der Waals surface area contributed by atoms with Gasteiger partial charge in [0.2, 0.25) is 0 Å². The molecule has 1 aliphatic rings. The number of fused-ring (bicyclic) bond motifs is 1. The Bertz CT molecular complexity index is 1070. The second-order valence-corrected chi connectivity index (χ2v) is 10.4. The molecular formula is C15H14BrN5O3S2. The second-order valence-electron chi connectivity index (χ2n) is 5.78. The van der Waals surface area contributed by atoms with Crippen LogP contribution < -0.4 is 0 Å². The lowest BCUT2D eigenvalue weighted by molar-refractivity contribution is 0.0698. The highest BCUT2D eigenvalue weighted by Crippen LogP contribution is 2.29. The van der Waals surface area contributed by atoms with Crippen LogP contribution in [0.25, 0.3) is 11.0 Å². The number of benzene rings is 1. The molecule has 1 fully saturated rings. The van der Waals surface area contributed by atoms with E-state index in [0.717, 1.165) is 3.79 Å². The summed E-state index contributed by atoms with van der Waals surface area (Å²) < 4.78 is 27.8. The van der Waals surface area contributed by atoms with Gasteiger partial charge in [0.15, 0.2) is 0 Å². The molecule has 136 valence electrons. The number of rotatable bonds is 3. The van der Waals surface area contributed by atoms with Gasteiger partial charge in [-0.05, 0) is 46.3 Å². The van der Waals surface area contributed by atoms with E-state index in [4.69, 9.17) is 0 Å². The fourth-order valence-corrected chi connectivity index (χ4v) is 6.44. The minimum atomic E-state index is -3.51. The Balaban J connectivity index is 1.46. The van der Waals surface area contributed by atoms with Gasteiger partial charge in [-0.2, -0.15) is 19.7 Å². The van der Waals surface area contributed by atoms with Crippen molar-refractivity contribution in [1.29, 1.82) is 0 Å². The average Bonchev–Trinajstić information content (AvgIpc) is 3.29. The van der Waals surface area contributed by atoms with E-state index in [0.29, 0.717) is 33.9 Å². The molecule has 1 N–H and O–H groups in total. The molecule has 0 radical (unpaired) electrons. The normalized spacial score (nSPS) is 16.3. The molecule has 3 heterocycles. The van der Waals surface area contributed by atoms with E-state index < -0.39 is 10.0 Å². The number of hydrogen-bond donors (Lipinski definition) is 1.